The molecule has 0 spiro atoms. The molecule has 0 aliphatic carbocycles. The van der Waals surface area contributed by atoms with Crippen LogP contribution in [0.1, 0.15) is 12.0 Å². The first-order valence-electron chi connectivity index (χ1n) is 5.22. The second kappa shape index (κ2) is 6.99. The maximum absolute atomic E-state index is 11.0. The summed E-state index contributed by atoms with van der Waals surface area (Å²) in [5.74, 6) is -0.196. The first kappa shape index (κ1) is 14.5. The van der Waals surface area contributed by atoms with Gasteiger partial charge in [-0.3, -0.25) is 4.79 Å². The van der Waals surface area contributed by atoms with Crippen LogP contribution in [0, 0.1) is 0 Å². The maximum Gasteiger partial charge on any atom is 0.306 e. The quantitative estimate of drug-likeness (QED) is 0.781. The molecule has 0 fully saturated rings. The molecule has 0 saturated heterocycles. The highest BCUT2D eigenvalue weighted by molar-refractivity contribution is 9.10. The Bertz CT molecular complexity index is 398. The molecule has 0 atom stereocenters. The van der Waals surface area contributed by atoms with Gasteiger partial charge in [0.15, 0.2) is 0 Å². The van der Waals surface area contributed by atoms with Gasteiger partial charge in [-0.15, -0.1) is 0 Å². The molecule has 0 heterocycles. The lowest BCUT2D eigenvalue weighted by atomic mass is 10.2. The molecule has 94 valence electrons. The van der Waals surface area contributed by atoms with Gasteiger partial charge in [-0.1, -0.05) is 33.6 Å². The van der Waals surface area contributed by atoms with Crippen molar-refractivity contribution in [1.82, 2.24) is 4.90 Å². The molecule has 0 radical (unpaired) electrons. The van der Waals surface area contributed by atoms with Gasteiger partial charge in [0.05, 0.1) is 13.5 Å². The van der Waals surface area contributed by atoms with E-state index in [1.807, 2.05) is 30.1 Å². The molecule has 0 amide bonds. The third-order valence-corrected chi connectivity index (χ3v) is 3.23. The SMILES string of the molecule is COC(=O)CCN(C)Cc1ccc(Br)cc1Cl. The lowest BCUT2D eigenvalue weighted by molar-refractivity contribution is -0.140. The second-order valence-corrected chi connectivity index (χ2v) is 5.12. The molecular formula is C12H15BrClNO2. The first-order chi connectivity index (χ1) is 8.02. The molecule has 1 aromatic carbocycles. The summed E-state index contributed by atoms with van der Waals surface area (Å²) in [5.41, 5.74) is 1.04. The normalized spacial score (nSPS) is 10.6. The Morgan fingerprint density at radius 3 is 2.82 bits per heavy atom. The van der Waals surface area contributed by atoms with Crippen molar-refractivity contribution in [2.75, 3.05) is 20.7 Å². The van der Waals surface area contributed by atoms with Gasteiger partial charge in [0, 0.05) is 22.6 Å². The molecule has 0 bridgehead atoms. The summed E-state index contributed by atoms with van der Waals surface area (Å²) >= 11 is 9.48. The summed E-state index contributed by atoms with van der Waals surface area (Å²) in [5, 5.41) is 0.726. The minimum absolute atomic E-state index is 0.196. The van der Waals surface area contributed by atoms with Crippen LogP contribution in [0.15, 0.2) is 22.7 Å². The zero-order valence-electron chi connectivity index (χ0n) is 9.87. The molecule has 0 aliphatic heterocycles. The molecule has 0 aliphatic rings. The number of benzene rings is 1. The largest absolute Gasteiger partial charge is 0.469 e. The van der Waals surface area contributed by atoms with Crippen LogP contribution in [0.4, 0.5) is 0 Å². The Balaban J connectivity index is 2.50. The van der Waals surface area contributed by atoms with Crippen molar-refractivity contribution in [2.45, 2.75) is 13.0 Å². The molecular weight excluding hydrogens is 305 g/mol. The molecule has 1 rings (SSSR count). The Morgan fingerprint density at radius 2 is 2.24 bits per heavy atom. The number of methoxy groups -OCH3 is 1. The van der Waals surface area contributed by atoms with E-state index in [1.54, 1.807) is 0 Å². The Labute approximate surface area is 115 Å². The number of carbonyl (C=O) groups is 1. The van der Waals surface area contributed by atoms with Crippen LogP contribution in [0.25, 0.3) is 0 Å². The summed E-state index contributed by atoms with van der Waals surface area (Å²) < 4.78 is 5.55. The predicted molar refractivity (Wildman–Crippen MR) is 72.1 cm³/mol. The third-order valence-electron chi connectivity index (χ3n) is 2.38. The van der Waals surface area contributed by atoms with Gasteiger partial charge in [-0.2, -0.15) is 0 Å². The van der Waals surface area contributed by atoms with Crippen LogP contribution in [0.2, 0.25) is 5.02 Å². The summed E-state index contributed by atoms with van der Waals surface area (Å²) in [7, 11) is 3.34. The number of rotatable bonds is 5. The number of ether oxygens (including phenoxy) is 1. The maximum atomic E-state index is 11.0. The van der Waals surface area contributed by atoms with Gasteiger partial charge in [-0.25, -0.2) is 0 Å². The second-order valence-electron chi connectivity index (χ2n) is 3.80. The van der Waals surface area contributed by atoms with Crippen molar-refractivity contribution in [3.05, 3.63) is 33.3 Å². The van der Waals surface area contributed by atoms with E-state index in [-0.39, 0.29) is 5.97 Å². The lowest BCUT2D eigenvalue weighted by Crippen LogP contribution is -2.22. The molecule has 1 aromatic rings. The van der Waals surface area contributed by atoms with E-state index < -0.39 is 0 Å². The van der Waals surface area contributed by atoms with Crippen LogP contribution in [-0.2, 0) is 16.1 Å². The molecule has 0 unspecified atom stereocenters. The fourth-order valence-electron chi connectivity index (χ4n) is 1.40. The van der Waals surface area contributed by atoms with Crippen LogP contribution in [0.5, 0.6) is 0 Å². The molecule has 0 aromatic heterocycles. The third kappa shape index (κ3) is 5.06. The van der Waals surface area contributed by atoms with Gasteiger partial charge >= 0.3 is 5.97 Å². The van der Waals surface area contributed by atoms with E-state index in [2.05, 4.69) is 20.7 Å². The Morgan fingerprint density at radius 1 is 1.53 bits per heavy atom. The van der Waals surface area contributed by atoms with E-state index in [9.17, 15) is 4.79 Å². The van der Waals surface area contributed by atoms with Gasteiger partial charge in [0.25, 0.3) is 0 Å². The van der Waals surface area contributed by atoms with Crippen molar-refractivity contribution in [2.24, 2.45) is 0 Å². The first-order valence-corrected chi connectivity index (χ1v) is 6.39. The van der Waals surface area contributed by atoms with E-state index in [4.69, 9.17) is 11.6 Å². The summed E-state index contributed by atoms with van der Waals surface area (Å²) in [6, 6.07) is 5.79. The van der Waals surface area contributed by atoms with Crippen molar-refractivity contribution >= 4 is 33.5 Å². The number of carbonyl (C=O) groups excluding carboxylic acids is 1. The monoisotopic (exact) mass is 319 g/mol. The van der Waals surface area contributed by atoms with Gasteiger partial charge in [0.1, 0.15) is 0 Å². The van der Waals surface area contributed by atoms with Crippen molar-refractivity contribution in [3.63, 3.8) is 0 Å². The zero-order chi connectivity index (χ0) is 12.8. The highest BCUT2D eigenvalue weighted by Gasteiger charge is 2.07. The highest BCUT2D eigenvalue weighted by atomic mass is 79.9. The van der Waals surface area contributed by atoms with Crippen molar-refractivity contribution in [3.8, 4) is 0 Å². The zero-order valence-corrected chi connectivity index (χ0v) is 12.2. The summed E-state index contributed by atoms with van der Waals surface area (Å²) in [6.07, 6.45) is 0.390. The van der Waals surface area contributed by atoms with Crippen LogP contribution >= 0.6 is 27.5 Å². The van der Waals surface area contributed by atoms with Gasteiger partial charge in [0.2, 0.25) is 0 Å². The fraction of sp³-hybridized carbons (Fsp3) is 0.417. The van der Waals surface area contributed by atoms with E-state index >= 15 is 0 Å². The Hall–Kier alpha value is -0.580. The summed E-state index contributed by atoms with van der Waals surface area (Å²) in [6.45, 7) is 1.36. The number of hydrogen-bond donors (Lipinski definition) is 0. The van der Waals surface area contributed by atoms with Crippen molar-refractivity contribution in [1.29, 1.82) is 0 Å². The lowest BCUT2D eigenvalue weighted by Gasteiger charge is -2.16. The number of esters is 1. The van der Waals surface area contributed by atoms with Crippen LogP contribution in [-0.4, -0.2) is 31.6 Å². The minimum atomic E-state index is -0.196. The van der Waals surface area contributed by atoms with Crippen LogP contribution in [0.3, 0.4) is 0 Å². The van der Waals surface area contributed by atoms with E-state index in [0.717, 1.165) is 15.1 Å². The number of halogens is 2. The predicted octanol–water partition coefficient (Wildman–Crippen LogP) is 3.10. The molecule has 5 heteroatoms. The highest BCUT2D eigenvalue weighted by Crippen LogP contribution is 2.22. The van der Waals surface area contributed by atoms with Gasteiger partial charge in [-0.05, 0) is 24.7 Å². The van der Waals surface area contributed by atoms with E-state index in [0.29, 0.717) is 19.5 Å². The molecule has 0 saturated carbocycles. The average Bonchev–Trinajstić information content (AvgIpc) is 2.29. The smallest absolute Gasteiger partial charge is 0.306 e. The topological polar surface area (TPSA) is 29.5 Å². The van der Waals surface area contributed by atoms with Crippen molar-refractivity contribution < 1.29 is 9.53 Å². The standard InChI is InChI=1S/C12H15BrClNO2/c1-15(6-5-12(16)17-2)8-9-3-4-10(13)7-11(9)14/h3-4,7H,5-6,8H2,1-2H3. The van der Waals surface area contributed by atoms with E-state index in [1.165, 1.54) is 7.11 Å². The fourth-order valence-corrected chi connectivity index (χ4v) is 2.14. The van der Waals surface area contributed by atoms with Crippen LogP contribution < -0.4 is 0 Å². The van der Waals surface area contributed by atoms with Gasteiger partial charge < -0.3 is 9.64 Å². The minimum Gasteiger partial charge on any atom is -0.469 e. The molecule has 17 heavy (non-hydrogen) atoms. The molecule has 0 N–H and O–H groups in total. The number of hydrogen-bond acceptors (Lipinski definition) is 3. The Kier molecular flexibility index (Phi) is 5.95. The number of nitrogens with zero attached hydrogens (tertiary/aromatic N) is 1. The molecule has 3 nitrogen and oxygen atoms in total. The average molecular weight is 321 g/mol. The summed E-state index contributed by atoms with van der Waals surface area (Å²) in [4.78, 5) is 13.0.